The molecule has 1 N–H and O–H groups in total. The molecule has 0 aliphatic heterocycles. The van der Waals surface area contributed by atoms with Crippen LogP contribution in [0, 0.1) is 12.7 Å². The topological polar surface area (TPSA) is 38.3 Å². The van der Waals surface area contributed by atoms with E-state index in [0.29, 0.717) is 12.8 Å². The monoisotopic (exact) mass is 315 g/mol. The molecule has 23 heavy (non-hydrogen) atoms. The van der Waals surface area contributed by atoms with E-state index in [0.717, 1.165) is 22.4 Å². The molecular formula is C19H22FNO2. The summed E-state index contributed by atoms with van der Waals surface area (Å²) >= 11 is 0. The Morgan fingerprint density at radius 3 is 2.52 bits per heavy atom. The molecule has 1 atom stereocenters. The van der Waals surface area contributed by atoms with Gasteiger partial charge in [-0.25, -0.2) is 4.39 Å². The summed E-state index contributed by atoms with van der Waals surface area (Å²) in [6, 6.07) is 12.0. The van der Waals surface area contributed by atoms with Crippen LogP contribution in [0.2, 0.25) is 0 Å². The average Bonchev–Trinajstić information content (AvgIpc) is 2.53. The number of methoxy groups -OCH3 is 1. The minimum absolute atomic E-state index is 0.0182. The third kappa shape index (κ3) is 4.81. The quantitative estimate of drug-likeness (QED) is 0.876. The molecule has 2 aromatic rings. The second kappa shape index (κ2) is 7.77. The number of amides is 1. The van der Waals surface area contributed by atoms with Crippen LogP contribution >= 0.6 is 0 Å². The van der Waals surface area contributed by atoms with Crippen molar-refractivity contribution < 1.29 is 13.9 Å². The van der Waals surface area contributed by atoms with Crippen LogP contribution in [0.15, 0.2) is 42.5 Å². The third-order valence-corrected chi connectivity index (χ3v) is 3.85. The van der Waals surface area contributed by atoms with Crippen molar-refractivity contribution >= 4 is 5.91 Å². The Morgan fingerprint density at radius 1 is 1.22 bits per heavy atom. The van der Waals surface area contributed by atoms with E-state index in [9.17, 15) is 9.18 Å². The van der Waals surface area contributed by atoms with E-state index in [1.165, 1.54) is 12.1 Å². The predicted octanol–water partition coefficient (Wildman–Crippen LogP) is 3.95. The van der Waals surface area contributed by atoms with Gasteiger partial charge in [0, 0.05) is 6.42 Å². The molecule has 0 saturated heterocycles. The van der Waals surface area contributed by atoms with Crippen molar-refractivity contribution in [3.63, 3.8) is 0 Å². The van der Waals surface area contributed by atoms with Gasteiger partial charge in [-0.05, 0) is 55.2 Å². The highest BCUT2D eigenvalue weighted by atomic mass is 19.1. The van der Waals surface area contributed by atoms with Gasteiger partial charge in [-0.1, -0.05) is 24.3 Å². The van der Waals surface area contributed by atoms with Gasteiger partial charge in [-0.2, -0.15) is 0 Å². The highest BCUT2D eigenvalue weighted by molar-refractivity contribution is 5.76. The maximum Gasteiger partial charge on any atom is 0.220 e. The first kappa shape index (κ1) is 17.0. The lowest BCUT2D eigenvalue weighted by Gasteiger charge is -2.14. The number of hydrogen-bond donors (Lipinski definition) is 1. The van der Waals surface area contributed by atoms with Crippen molar-refractivity contribution in [1.29, 1.82) is 0 Å². The first-order valence-corrected chi connectivity index (χ1v) is 7.68. The van der Waals surface area contributed by atoms with E-state index >= 15 is 0 Å². The Kier molecular flexibility index (Phi) is 5.74. The highest BCUT2D eigenvalue weighted by Crippen LogP contribution is 2.19. The lowest BCUT2D eigenvalue weighted by molar-refractivity contribution is -0.121. The predicted molar refractivity (Wildman–Crippen MR) is 89.0 cm³/mol. The largest absolute Gasteiger partial charge is 0.496 e. The fraction of sp³-hybridized carbons (Fsp3) is 0.316. The van der Waals surface area contributed by atoms with Crippen LogP contribution in [0.1, 0.15) is 36.1 Å². The maximum atomic E-state index is 12.9. The molecule has 1 unspecified atom stereocenters. The summed E-state index contributed by atoms with van der Waals surface area (Å²) in [7, 11) is 1.65. The molecule has 4 heteroatoms. The normalized spacial score (nSPS) is 11.8. The van der Waals surface area contributed by atoms with Gasteiger partial charge < -0.3 is 10.1 Å². The number of carbonyl (C=O) groups excluding carboxylic acids is 1. The Morgan fingerprint density at radius 2 is 1.91 bits per heavy atom. The van der Waals surface area contributed by atoms with Crippen LogP contribution < -0.4 is 10.1 Å². The molecule has 122 valence electrons. The van der Waals surface area contributed by atoms with Crippen LogP contribution in [-0.4, -0.2) is 13.0 Å². The van der Waals surface area contributed by atoms with Gasteiger partial charge in [0.15, 0.2) is 0 Å². The fourth-order valence-corrected chi connectivity index (χ4v) is 2.50. The van der Waals surface area contributed by atoms with Crippen molar-refractivity contribution in [2.45, 2.75) is 32.7 Å². The van der Waals surface area contributed by atoms with Gasteiger partial charge in [-0.15, -0.1) is 0 Å². The number of benzene rings is 2. The zero-order valence-electron chi connectivity index (χ0n) is 13.7. The number of aryl methyl sites for hydroxylation is 2. The van der Waals surface area contributed by atoms with Crippen molar-refractivity contribution in [3.05, 3.63) is 65.0 Å². The lowest BCUT2D eigenvalue weighted by Crippen LogP contribution is -2.26. The smallest absolute Gasteiger partial charge is 0.220 e. The summed E-state index contributed by atoms with van der Waals surface area (Å²) in [5, 5.41) is 2.94. The van der Waals surface area contributed by atoms with Crippen molar-refractivity contribution in [1.82, 2.24) is 5.32 Å². The fourth-order valence-electron chi connectivity index (χ4n) is 2.50. The first-order chi connectivity index (χ1) is 11.0. The van der Waals surface area contributed by atoms with E-state index in [-0.39, 0.29) is 17.8 Å². The van der Waals surface area contributed by atoms with Crippen LogP contribution in [0.4, 0.5) is 4.39 Å². The van der Waals surface area contributed by atoms with Crippen LogP contribution in [-0.2, 0) is 11.2 Å². The average molecular weight is 315 g/mol. The van der Waals surface area contributed by atoms with Gasteiger partial charge in [0.25, 0.3) is 0 Å². The number of hydrogen-bond acceptors (Lipinski definition) is 2. The second-order valence-corrected chi connectivity index (χ2v) is 5.64. The second-order valence-electron chi connectivity index (χ2n) is 5.64. The zero-order valence-corrected chi connectivity index (χ0v) is 13.7. The molecule has 0 fully saturated rings. The molecule has 0 aromatic heterocycles. The molecule has 0 aliphatic carbocycles. The van der Waals surface area contributed by atoms with E-state index in [1.54, 1.807) is 19.2 Å². The number of carbonyl (C=O) groups is 1. The molecule has 0 heterocycles. The summed E-state index contributed by atoms with van der Waals surface area (Å²) in [5.41, 5.74) is 3.05. The van der Waals surface area contributed by atoms with Crippen LogP contribution in [0.3, 0.4) is 0 Å². The van der Waals surface area contributed by atoms with Gasteiger partial charge in [-0.3, -0.25) is 4.79 Å². The summed E-state index contributed by atoms with van der Waals surface area (Å²) in [4.78, 5) is 12.1. The number of rotatable bonds is 6. The SMILES string of the molecule is COc1ccc(CCC(=O)NC(C)c2ccc(F)cc2)cc1C. The molecule has 2 rings (SSSR count). The van der Waals surface area contributed by atoms with E-state index in [2.05, 4.69) is 5.32 Å². The Bertz CT molecular complexity index is 668. The minimum atomic E-state index is -0.276. The van der Waals surface area contributed by atoms with Crippen LogP contribution in [0.25, 0.3) is 0 Å². The number of nitrogens with one attached hydrogen (secondary N) is 1. The van der Waals surface area contributed by atoms with Gasteiger partial charge in [0.2, 0.25) is 5.91 Å². The molecule has 0 spiro atoms. The van der Waals surface area contributed by atoms with Gasteiger partial charge in [0.05, 0.1) is 13.2 Å². The van der Waals surface area contributed by atoms with Crippen molar-refractivity contribution in [3.8, 4) is 5.75 Å². The minimum Gasteiger partial charge on any atom is -0.496 e. The van der Waals surface area contributed by atoms with Crippen molar-refractivity contribution in [2.75, 3.05) is 7.11 Å². The van der Waals surface area contributed by atoms with E-state index in [4.69, 9.17) is 4.74 Å². The number of ether oxygens (including phenoxy) is 1. The molecule has 2 aromatic carbocycles. The Labute approximate surface area is 136 Å². The zero-order chi connectivity index (χ0) is 16.8. The highest BCUT2D eigenvalue weighted by Gasteiger charge is 2.10. The molecule has 0 bridgehead atoms. The summed E-state index contributed by atoms with van der Waals surface area (Å²) < 4.78 is 18.1. The third-order valence-electron chi connectivity index (χ3n) is 3.85. The van der Waals surface area contributed by atoms with E-state index in [1.807, 2.05) is 32.0 Å². The van der Waals surface area contributed by atoms with Crippen molar-refractivity contribution in [2.24, 2.45) is 0 Å². The van der Waals surface area contributed by atoms with Gasteiger partial charge >= 0.3 is 0 Å². The maximum absolute atomic E-state index is 12.9. The Balaban J connectivity index is 1.87. The molecule has 3 nitrogen and oxygen atoms in total. The first-order valence-electron chi connectivity index (χ1n) is 7.68. The molecular weight excluding hydrogens is 293 g/mol. The molecule has 0 aliphatic rings. The lowest BCUT2D eigenvalue weighted by atomic mass is 10.1. The van der Waals surface area contributed by atoms with Gasteiger partial charge in [0.1, 0.15) is 11.6 Å². The summed E-state index contributed by atoms with van der Waals surface area (Å²) in [6.07, 6.45) is 1.09. The van der Waals surface area contributed by atoms with Crippen LogP contribution in [0.5, 0.6) is 5.75 Å². The Hall–Kier alpha value is -2.36. The molecule has 0 radical (unpaired) electrons. The molecule has 1 amide bonds. The summed E-state index contributed by atoms with van der Waals surface area (Å²) in [5.74, 6) is 0.556. The standard InChI is InChI=1S/C19H22FNO2/c1-13-12-15(4-10-18(13)23-3)5-11-19(22)21-14(2)16-6-8-17(20)9-7-16/h4,6-10,12,14H,5,11H2,1-3H3,(H,21,22). The summed E-state index contributed by atoms with van der Waals surface area (Å²) in [6.45, 7) is 3.88. The van der Waals surface area contributed by atoms with E-state index < -0.39 is 0 Å². The molecule has 0 saturated carbocycles. The number of halogens is 1.